The highest BCUT2D eigenvalue weighted by atomic mass is 16.5. The number of nitrogens with one attached hydrogen (secondary N) is 12. The maximum absolute atomic E-state index is 12.6. The van der Waals surface area contributed by atoms with Crippen molar-refractivity contribution in [1.82, 2.24) is 145 Å². The zero-order chi connectivity index (χ0) is 100. The summed E-state index contributed by atoms with van der Waals surface area (Å²) in [5.74, 6) is 2.88. The average Bonchev–Trinajstić information content (AvgIpc) is 1.62. The number of morpholine rings is 1. The monoisotopic (exact) mass is 1950 g/mol. The number of rotatable bonds is 20. The Bertz CT molecular complexity index is 8850. The van der Waals surface area contributed by atoms with Gasteiger partial charge in [-0.2, -0.15) is 20.4 Å². The standard InChI is InChI=1S/C28H23N9O2.C28H24N8O.C27H20N8O.C27H22N8O/c38-28(37-8-10-39-11-9-37)32-19-12-17(14-29-16-19)18-13-21-25(35-36-26(21)31-15-18)27-33-23-6-3-4-20(24(23)34-27)22-5-1-2-7-30-22;1-16(2)10-24(37)32-19-11-17(13-29-15-19)18-12-21-26(35-36-27(21)31-14-18)28-33-23-8-5-6-20(25(23)34-28)22-7-3-4-9-30-22;36-27(15-7-8-15)31-18-10-16(12-28-14-18)17-11-20-24(34-35-25(20)30-13-17)26-32-22-6-3-4-19(23(22)33-26)21-5-1-2-9-29-21;1-15(2)27(36)31-18-10-16(12-28-14-18)17-11-20-24(34-35-25(20)30-13-17)26-32-22-8-5-6-19(23(22)33-26)21-7-3-4-9-29-21/h1-7,12-16H,8-11H2,(H,32,38)(H,33,34)(H,31,35,36);3-9,11-16H,10H2,1-2H3,(H,32,37)(H,33,34)(H,31,35,36);1-6,9-15H,7-8H2,(H,31,36)(H,32,33)(H,30,34,35);3-15H,1-2H3,(H,31,36)(H,32,33)(H,30,34,35). The summed E-state index contributed by atoms with van der Waals surface area (Å²) in [6.07, 6.45) is 30.0. The third-order valence-electron chi connectivity index (χ3n) is 25.1. The van der Waals surface area contributed by atoms with Gasteiger partial charge in [-0.1, -0.05) is 100 Å². The van der Waals surface area contributed by atoms with Gasteiger partial charge in [-0.25, -0.2) is 44.7 Å². The van der Waals surface area contributed by atoms with E-state index in [-0.39, 0.29) is 41.5 Å². The van der Waals surface area contributed by atoms with Crippen molar-refractivity contribution in [1.29, 1.82) is 0 Å². The highest BCUT2D eigenvalue weighted by molar-refractivity contribution is 6.04. The number of hydrogen-bond acceptors (Lipinski definition) is 25. The normalized spacial score (nSPS) is 12.5. The van der Waals surface area contributed by atoms with E-state index >= 15 is 0 Å². The van der Waals surface area contributed by atoms with Crippen molar-refractivity contribution < 1.29 is 23.9 Å². The highest BCUT2D eigenvalue weighted by Crippen LogP contribution is 2.41. The summed E-state index contributed by atoms with van der Waals surface area (Å²) in [6, 6.07) is 62.7. The van der Waals surface area contributed by atoms with Crippen molar-refractivity contribution in [2.75, 3.05) is 47.6 Å². The minimum Gasteiger partial charge on any atom is -0.378 e. The minimum absolute atomic E-state index is 0.0328. The number of carbonyl (C=O) groups excluding carboxylic acids is 4. The van der Waals surface area contributed by atoms with Crippen molar-refractivity contribution in [2.24, 2.45) is 17.8 Å². The second kappa shape index (κ2) is 40.2. The summed E-state index contributed by atoms with van der Waals surface area (Å²) in [4.78, 5) is 138. The first-order valence-electron chi connectivity index (χ1n) is 47.9. The fourth-order valence-electron chi connectivity index (χ4n) is 17.6. The summed E-state index contributed by atoms with van der Waals surface area (Å²) in [5.41, 5.74) is 28.7. The molecule has 0 unspecified atom stereocenters. The van der Waals surface area contributed by atoms with Crippen LogP contribution in [0.15, 0.2) is 293 Å². The van der Waals surface area contributed by atoms with Crippen LogP contribution in [0.4, 0.5) is 27.5 Å². The Hall–Kier alpha value is -19.9. The molecular weight excluding hydrogens is 1860 g/mol. The van der Waals surface area contributed by atoms with Gasteiger partial charge in [0.2, 0.25) is 17.7 Å². The van der Waals surface area contributed by atoms with E-state index in [1.165, 1.54) is 0 Å². The van der Waals surface area contributed by atoms with Crippen molar-refractivity contribution in [3.8, 4) is 136 Å². The van der Waals surface area contributed by atoms with Crippen molar-refractivity contribution >= 4 is 135 Å². The Morgan fingerprint density at radius 3 is 0.959 bits per heavy atom. The molecule has 0 bridgehead atoms. The Balaban J connectivity index is 0.000000109. The topological polar surface area (TPSA) is 513 Å². The lowest BCUT2D eigenvalue weighted by molar-refractivity contribution is -0.119. The Morgan fingerprint density at radius 2 is 0.655 bits per heavy atom. The number of pyridine rings is 12. The molecule has 1 saturated carbocycles. The van der Waals surface area contributed by atoms with E-state index in [2.05, 4.69) is 142 Å². The van der Waals surface area contributed by atoms with Crippen LogP contribution in [0.1, 0.15) is 47.0 Å². The molecule has 0 radical (unpaired) electrons. The van der Waals surface area contributed by atoms with Gasteiger partial charge in [0, 0.05) is 172 Å². The zero-order valence-corrected chi connectivity index (χ0v) is 79.8. The van der Waals surface area contributed by atoms with Gasteiger partial charge < -0.3 is 50.8 Å². The molecule has 1 aliphatic heterocycles. The molecule has 26 rings (SSSR count). The van der Waals surface area contributed by atoms with Crippen LogP contribution in [0.2, 0.25) is 0 Å². The van der Waals surface area contributed by atoms with Crippen LogP contribution in [0.3, 0.4) is 0 Å². The minimum atomic E-state index is -0.169. The van der Waals surface area contributed by atoms with Gasteiger partial charge in [0.15, 0.2) is 45.9 Å². The van der Waals surface area contributed by atoms with Crippen molar-refractivity contribution in [2.45, 2.75) is 47.0 Å². The number of nitrogens with zero attached hydrogens (tertiary/aromatic N) is 21. The molecule has 724 valence electrons. The van der Waals surface area contributed by atoms with Crippen molar-refractivity contribution in [3.05, 3.63) is 293 Å². The van der Waals surface area contributed by atoms with E-state index in [1.54, 1.807) is 104 Å². The molecular formula is C110H89N33O5. The summed E-state index contributed by atoms with van der Waals surface area (Å²) < 4.78 is 5.33. The van der Waals surface area contributed by atoms with Gasteiger partial charge in [0.05, 0.1) is 149 Å². The third-order valence-corrected chi connectivity index (χ3v) is 25.1. The summed E-state index contributed by atoms with van der Waals surface area (Å²) in [5, 5.41) is 44.9. The number of anilines is 4. The molecule has 5 amide bonds. The van der Waals surface area contributed by atoms with Gasteiger partial charge in [0.25, 0.3) is 0 Å². The number of amides is 5. The zero-order valence-electron chi connectivity index (χ0n) is 79.8. The number of urea groups is 1. The van der Waals surface area contributed by atoms with E-state index in [1.807, 2.05) is 222 Å². The first-order chi connectivity index (χ1) is 72.6. The Labute approximate surface area is 840 Å². The number of fused-ring (bicyclic) bond motifs is 8. The average molecular weight is 1950 g/mol. The van der Waals surface area contributed by atoms with Crippen LogP contribution in [0, 0.1) is 17.8 Å². The predicted octanol–water partition coefficient (Wildman–Crippen LogP) is 20.3. The lowest BCUT2D eigenvalue weighted by Crippen LogP contribution is -2.43. The van der Waals surface area contributed by atoms with Crippen LogP contribution < -0.4 is 21.3 Å². The molecule has 1 aliphatic carbocycles. The largest absolute Gasteiger partial charge is 0.378 e. The molecule has 20 aromatic heterocycles. The molecule has 38 nitrogen and oxygen atoms in total. The van der Waals surface area contributed by atoms with E-state index in [0.717, 1.165) is 191 Å². The molecule has 2 aliphatic rings. The maximum Gasteiger partial charge on any atom is 0.322 e. The number of aromatic nitrogens is 28. The van der Waals surface area contributed by atoms with Crippen LogP contribution in [-0.2, 0) is 19.1 Å². The summed E-state index contributed by atoms with van der Waals surface area (Å²) in [7, 11) is 0. The number of imidazole rings is 4. The van der Waals surface area contributed by atoms with Gasteiger partial charge in [-0.05, 0) is 140 Å². The van der Waals surface area contributed by atoms with Gasteiger partial charge in [-0.3, -0.25) is 74.7 Å². The molecule has 2 fully saturated rings. The fraction of sp³-hybridized carbons (Fsp3) is 0.127. The second-order valence-electron chi connectivity index (χ2n) is 36.2. The smallest absolute Gasteiger partial charge is 0.322 e. The molecule has 24 aromatic rings. The second-order valence-corrected chi connectivity index (χ2v) is 36.2. The molecule has 4 aromatic carbocycles. The van der Waals surface area contributed by atoms with Crippen LogP contribution in [0.25, 0.3) is 224 Å². The number of carbonyl (C=O) groups is 4. The summed E-state index contributed by atoms with van der Waals surface area (Å²) >= 11 is 0. The molecule has 0 atom stereocenters. The SMILES string of the molecule is CC(C)C(=O)Nc1cncc(-c2cnc3n[nH]c(-c4nc5c(-c6ccccn6)cccc5[nH]4)c3c2)c1.CC(C)CC(=O)Nc1cncc(-c2cnc3n[nH]c(-c4nc5c(-c6ccccn6)cccc5[nH]4)c3c2)c1.O=C(Nc1cncc(-c2cnc3n[nH]c(-c4nc5c(-c6ccccn6)cccc5[nH]4)c3c2)c1)C1CC1.O=C(Nc1cncc(-c2cnc3n[nH]c(-c4nc5c(-c6ccccn6)cccc5[nH]4)c3c2)c1)N1CCOCC1. The molecule has 1 saturated heterocycles. The van der Waals surface area contributed by atoms with Gasteiger partial charge >= 0.3 is 6.03 Å². The van der Waals surface area contributed by atoms with Crippen molar-refractivity contribution in [3.63, 3.8) is 0 Å². The van der Waals surface area contributed by atoms with E-state index in [4.69, 9.17) is 24.7 Å². The first kappa shape index (κ1) is 91.8. The van der Waals surface area contributed by atoms with Gasteiger partial charge in [-0.15, -0.1) is 0 Å². The third kappa shape index (κ3) is 19.4. The van der Waals surface area contributed by atoms with E-state index in [9.17, 15) is 19.2 Å². The van der Waals surface area contributed by atoms with Crippen LogP contribution in [0.5, 0.6) is 0 Å². The van der Waals surface area contributed by atoms with Gasteiger partial charge in [0.1, 0.15) is 22.8 Å². The fourth-order valence-corrected chi connectivity index (χ4v) is 17.6. The van der Waals surface area contributed by atoms with E-state index < -0.39 is 0 Å². The van der Waals surface area contributed by atoms with E-state index in [0.29, 0.717) is 101 Å². The Kier molecular flexibility index (Phi) is 25.0. The quantitative estimate of drug-likeness (QED) is 0.0337. The lowest BCUT2D eigenvalue weighted by Gasteiger charge is -2.26. The molecule has 21 heterocycles. The number of H-pyrrole nitrogens is 8. The number of benzene rings is 4. The molecule has 38 heteroatoms. The summed E-state index contributed by atoms with van der Waals surface area (Å²) in [6.45, 7) is 9.94. The first-order valence-corrected chi connectivity index (χ1v) is 47.9. The molecule has 148 heavy (non-hydrogen) atoms. The molecule has 0 spiro atoms. The number of para-hydroxylation sites is 4. The number of hydrogen-bond donors (Lipinski definition) is 12. The lowest BCUT2D eigenvalue weighted by atomic mass is 10.1. The molecule has 12 N–H and O–H groups in total. The highest BCUT2D eigenvalue weighted by Gasteiger charge is 2.31. The predicted molar refractivity (Wildman–Crippen MR) is 566 cm³/mol. The Morgan fingerprint density at radius 1 is 0.345 bits per heavy atom. The maximum atomic E-state index is 12.6. The number of ether oxygens (including phenoxy) is 1. The number of aromatic amines is 8. The van der Waals surface area contributed by atoms with Crippen LogP contribution in [-0.4, -0.2) is 195 Å². The van der Waals surface area contributed by atoms with Crippen LogP contribution >= 0.6 is 0 Å².